The molecular weight excluding hydrogens is 316 g/mol. The molecule has 1 aliphatic carbocycles. The molecule has 0 amide bonds. The van der Waals surface area contributed by atoms with Crippen molar-refractivity contribution in [2.45, 2.75) is 12.3 Å². The van der Waals surface area contributed by atoms with Crippen molar-refractivity contribution in [2.24, 2.45) is 0 Å². The minimum absolute atomic E-state index is 0.235. The quantitative estimate of drug-likeness (QED) is 0.385. The van der Waals surface area contributed by atoms with E-state index < -0.39 is 0 Å². The van der Waals surface area contributed by atoms with Crippen LogP contribution in [0.3, 0.4) is 0 Å². The van der Waals surface area contributed by atoms with Gasteiger partial charge in [0.05, 0.1) is 5.92 Å². The number of hydrogen-bond donors (Lipinski definition) is 2. The zero-order valence-corrected chi connectivity index (χ0v) is 14.3. The van der Waals surface area contributed by atoms with Gasteiger partial charge < -0.3 is 9.97 Å². The highest BCUT2D eigenvalue weighted by molar-refractivity contribution is 5.91. The SMILES string of the molecule is c1ccc(C2c3[nH]c4ccccc4c3Cc3[nH]c4ccccc4c32)cc1. The summed E-state index contributed by atoms with van der Waals surface area (Å²) in [6, 6.07) is 28.2. The zero-order chi connectivity index (χ0) is 17.1. The lowest BCUT2D eigenvalue weighted by atomic mass is 9.79. The zero-order valence-electron chi connectivity index (χ0n) is 14.3. The van der Waals surface area contributed by atoms with Crippen LogP contribution in [0.1, 0.15) is 34.0 Å². The molecule has 2 heterocycles. The average Bonchev–Trinajstić information content (AvgIpc) is 3.25. The molecular formula is C24H18N2. The van der Waals surface area contributed by atoms with Crippen LogP contribution in [0, 0.1) is 0 Å². The van der Waals surface area contributed by atoms with E-state index in [0.29, 0.717) is 0 Å². The van der Waals surface area contributed by atoms with Gasteiger partial charge in [-0.05, 0) is 28.8 Å². The van der Waals surface area contributed by atoms with E-state index in [4.69, 9.17) is 0 Å². The first-order valence-electron chi connectivity index (χ1n) is 9.14. The average molecular weight is 334 g/mol. The molecule has 0 spiro atoms. The van der Waals surface area contributed by atoms with E-state index in [2.05, 4.69) is 88.8 Å². The van der Waals surface area contributed by atoms with Crippen molar-refractivity contribution < 1.29 is 0 Å². The minimum Gasteiger partial charge on any atom is -0.358 e. The maximum Gasteiger partial charge on any atom is 0.0518 e. The van der Waals surface area contributed by atoms with Crippen molar-refractivity contribution in [3.8, 4) is 0 Å². The van der Waals surface area contributed by atoms with Crippen LogP contribution in [0.5, 0.6) is 0 Å². The molecule has 124 valence electrons. The van der Waals surface area contributed by atoms with Crippen molar-refractivity contribution in [1.29, 1.82) is 0 Å². The molecule has 26 heavy (non-hydrogen) atoms. The Bertz CT molecular complexity index is 1250. The molecule has 0 saturated heterocycles. The smallest absolute Gasteiger partial charge is 0.0518 e. The van der Waals surface area contributed by atoms with E-state index in [0.717, 1.165) is 6.42 Å². The fourth-order valence-electron chi connectivity index (χ4n) is 4.65. The van der Waals surface area contributed by atoms with Gasteiger partial charge in [0.2, 0.25) is 0 Å². The Hall–Kier alpha value is -3.26. The number of fused-ring (bicyclic) bond motifs is 6. The van der Waals surface area contributed by atoms with Crippen molar-refractivity contribution in [3.63, 3.8) is 0 Å². The number of nitrogens with one attached hydrogen (secondary N) is 2. The van der Waals surface area contributed by atoms with Crippen molar-refractivity contribution in [2.75, 3.05) is 0 Å². The van der Waals surface area contributed by atoms with Gasteiger partial charge in [0, 0.05) is 39.6 Å². The summed E-state index contributed by atoms with van der Waals surface area (Å²) in [4.78, 5) is 7.44. The lowest BCUT2D eigenvalue weighted by Crippen LogP contribution is -2.13. The Kier molecular flexibility index (Phi) is 2.75. The molecule has 1 atom stereocenters. The molecule has 3 aromatic carbocycles. The minimum atomic E-state index is 0.235. The number of rotatable bonds is 1. The number of aromatic amines is 2. The van der Waals surface area contributed by atoms with Gasteiger partial charge in [-0.15, -0.1) is 0 Å². The topological polar surface area (TPSA) is 31.6 Å². The Morgan fingerprint density at radius 1 is 0.654 bits per heavy atom. The normalized spacial score (nSPS) is 15.9. The summed E-state index contributed by atoms with van der Waals surface area (Å²) in [6.07, 6.45) is 0.951. The summed E-state index contributed by atoms with van der Waals surface area (Å²) in [5.41, 5.74) is 9.33. The van der Waals surface area contributed by atoms with Crippen LogP contribution in [0.15, 0.2) is 78.9 Å². The molecule has 5 aromatic rings. The first kappa shape index (κ1) is 14.0. The van der Waals surface area contributed by atoms with E-state index in [9.17, 15) is 0 Å². The molecule has 0 aliphatic heterocycles. The van der Waals surface area contributed by atoms with Crippen LogP contribution in [0.2, 0.25) is 0 Å². The number of para-hydroxylation sites is 2. The van der Waals surface area contributed by atoms with Gasteiger partial charge in [-0.2, -0.15) is 0 Å². The molecule has 6 rings (SSSR count). The monoisotopic (exact) mass is 334 g/mol. The van der Waals surface area contributed by atoms with Gasteiger partial charge in [0.15, 0.2) is 0 Å². The second-order valence-corrected chi connectivity index (χ2v) is 7.15. The molecule has 2 nitrogen and oxygen atoms in total. The molecule has 1 aliphatic rings. The summed E-state index contributed by atoms with van der Waals surface area (Å²) in [7, 11) is 0. The number of benzene rings is 3. The molecule has 0 bridgehead atoms. The molecule has 1 unspecified atom stereocenters. The van der Waals surface area contributed by atoms with E-state index >= 15 is 0 Å². The van der Waals surface area contributed by atoms with Crippen LogP contribution in [0.25, 0.3) is 21.8 Å². The van der Waals surface area contributed by atoms with Crippen LogP contribution in [0.4, 0.5) is 0 Å². The highest BCUT2D eigenvalue weighted by atomic mass is 14.8. The Morgan fingerprint density at radius 2 is 1.31 bits per heavy atom. The Morgan fingerprint density at radius 3 is 2.12 bits per heavy atom. The Labute approximate surface area is 151 Å². The fraction of sp³-hybridized carbons (Fsp3) is 0.0833. The van der Waals surface area contributed by atoms with Crippen LogP contribution in [-0.2, 0) is 6.42 Å². The third-order valence-corrected chi connectivity index (χ3v) is 5.74. The second kappa shape index (κ2) is 5.12. The molecule has 0 radical (unpaired) electrons. The van der Waals surface area contributed by atoms with Gasteiger partial charge in [-0.25, -0.2) is 0 Å². The van der Waals surface area contributed by atoms with Gasteiger partial charge in [0.25, 0.3) is 0 Å². The molecule has 2 aromatic heterocycles. The predicted molar refractivity (Wildman–Crippen MR) is 107 cm³/mol. The highest BCUT2D eigenvalue weighted by Gasteiger charge is 2.32. The van der Waals surface area contributed by atoms with Crippen molar-refractivity contribution in [1.82, 2.24) is 9.97 Å². The van der Waals surface area contributed by atoms with Gasteiger partial charge in [-0.3, -0.25) is 0 Å². The summed E-state index contributed by atoms with van der Waals surface area (Å²) >= 11 is 0. The van der Waals surface area contributed by atoms with Crippen molar-refractivity contribution >= 4 is 21.8 Å². The molecule has 0 saturated carbocycles. The second-order valence-electron chi connectivity index (χ2n) is 7.15. The first-order chi connectivity index (χ1) is 12.9. The van der Waals surface area contributed by atoms with Crippen molar-refractivity contribution in [3.05, 3.63) is 107 Å². The van der Waals surface area contributed by atoms with Gasteiger partial charge in [-0.1, -0.05) is 66.7 Å². The maximum absolute atomic E-state index is 3.75. The lowest BCUT2D eigenvalue weighted by Gasteiger charge is -2.24. The third-order valence-electron chi connectivity index (χ3n) is 5.74. The predicted octanol–water partition coefficient (Wildman–Crippen LogP) is 5.73. The van der Waals surface area contributed by atoms with Gasteiger partial charge >= 0.3 is 0 Å². The van der Waals surface area contributed by atoms with Crippen LogP contribution in [-0.4, -0.2) is 9.97 Å². The van der Waals surface area contributed by atoms with E-state index in [1.807, 2.05) is 0 Å². The Balaban J connectivity index is 1.72. The van der Waals surface area contributed by atoms with Gasteiger partial charge in [0.1, 0.15) is 0 Å². The molecule has 2 heteroatoms. The third kappa shape index (κ3) is 1.81. The van der Waals surface area contributed by atoms with Crippen LogP contribution >= 0.6 is 0 Å². The van der Waals surface area contributed by atoms with E-state index in [1.54, 1.807) is 0 Å². The van der Waals surface area contributed by atoms with E-state index in [-0.39, 0.29) is 5.92 Å². The van der Waals surface area contributed by atoms with E-state index in [1.165, 1.54) is 49.9 Å². The first-order valence-corrected chi connectivity index (χ1v) is 9.14. The molecule has 2 N–H and O–H groups in total. The maximum atomic E-state index is 3.75. The summed E-state index contributed by atoms with van der Waals surface area (Å²) in [5, 5.41) is 2.67. The number of aromatic nitrogens is 2. The lowest BCUT2D eigenvalue weighted by molar-refractivity contribution is 0.861. The summed E-state index contributed by atoms with van der Waals surface area (Å²) < 4.78 is 0. The molecule has 0 fully saturated rings. The summed E-state index contributed by atoms with van der Waals surface area (Å²) in [5.74, 6) is 0.235. The number of hydrogen-bond acceptors (Lipinski definition) is 0. The largest absolute Gasteiger partial charge is 0.358 e. The summed E-state index contributed by atoms with van der Waals surface area (Å²) in [6.45, 7) is 0. The van der Waals surface area contributed by atoms with Crippen LogP contribution < -0.4 is 0 Å². The number of H-pyrrole nitrogens is 2. The standard InChI is InChI=1S/C24H18N2/c1-2-8-15(9-3-1)22-23-17-11-5-7-13-20(17)25-21(23)14-18-16-10-4-6-12-19(16)26-24(18)22/h1-13,22,25-26H,14H2. The fourth-order valence-corrected chi connectivity index (χ4v) is 4.65. The highest BCUT2D eigenvalue weighted by Crippen LogP contribution is 2.45.